The Morgan fingerprint density at radius 1 is 0.676 bits per heavy atom. The largest absolute Gasteiger partial charge is 0.480 e. The molecular formula is C22H28N6O6. The van der Waals surface area contributed by atoms with Gasteiger partial charge in [-0.05, 0) is 24.3 Å². The van der Waals surface area contributed by atoms with Crippen molar-refractivity contribution >= 4 is 23.8 Å². The van der Waals surface area contributed by atoms with Gasteiger partial charge in [0, 0.05) is 25.5 Å². The number of rotatable bonds is 15. The summed E-state index contributed by atoms with van der Waals surface area (Å²) in [4.78, 5) is 58.0. The quantitative estimate of drug-likeness (QED) is 0.257. The molecule has 4 N–H and O–H groups in total. The van der Waals surface area contributed by atoms with Gasteiger partial charge in [-0.1, -0.05) is 12.1 Å². The molecule has 182 valence electrons. The van der Waals surface area contributed by atoms with Gasteiger partial charge in [-0.15, -0.1) is 0 Å². The second kappa shape index (κ2) is 14.3. The molecule has 2 heterocycles. The summed E-state index contributed by atoms with van der Waals surface area (Å²) in [5.74, 6) is -3.06. The zero-order valence-corrected chi connectivity index (χ0v) is 18.6. The first-order valence-corrected chi connectivity index (χ1v) is 10.5. The van der Waals surface area contributed by atoms with E-state index in [4.69, 9.17) is 0 Å². The van der Waals surface area contributed by atoms with Crippen LogP contribution < -0.4 is 10.6 Å². The number of carboxylic acid groups (broad SMARTS) is 2. The lowest BCUT2D eigenvalue weighted by molar-refractivity contribution is -0.141. The summed E-state index contributed by atoms with van der Waals surface area (Å²) in [6, 6.07) is 10.6. The topological polar surface area (TPSA) is 165 Å². The van der Waals surface area contributed by atoms with Crippen LogP contribution in [-0.4, -0.2) is 93.0 Å². The predicted molar refractivity (Wildman–Crippen MR) is 120 cm³/mol. The minimum absolute atomic E-state index is 0.0735. The molecular weight excluding hydrogens is 444 g/mol. The van der Waals surface area contributed by atoms with Crippen molar-refractivity contribution in [2.75, 3.05) is 39.3 Å². The van der Waals surface area contributed by atoms with Crippen LogP contribution in [0.1, 0.15) is 11.4 Å². The molecule has 0 spiro atoms. The highest BCUT2D eigenvalue weighted by atomic mass is 16.4. The summed E-state index contributed by atoms with van der Waals surface area (Å²) >= 11 is 0. The summed E-state index contributed by atoms with van der Waals surface area (Å²) in [7, 11) is 0. The fraction of sp³-hybridized carbons (Fsp3) is 0.364. The number of nitrogens with one attached hydrogen (secondary N) is 2. The van der Waals surface area contributed by atoms with E-state index in [2.05, 4.69) is 20.6 Å². The van der Waals surface area contributed by atoms with E-state index in [1.54, 1.807) is 48.8 Å². The lowest BCUT2D eigenvalue weighted by Crippen LogP contribution is -2.46. The number of carbonyl (C=O) groups is 4. The van der Waals surface area contributed by atoms with Crippen LogP contribution in [0.5, 0.6) is 0 Å². The van der Waals surface area contributed by atoms with Crippen LogP contribution in [0.4, 0.5) is 0 Å². The molecule has 12 heteroatoms. The first-order valence-electron chi connectivity index (χ1n) is 10.5. The van der Waals surface area contributed by atoms with Gasteiger partial charge < -0.3 is 20.8 Å². The summed E-state index contributed by atoms with van der Waals surface area (Å²) < 4.78 is 0. The lowest BCUT2D eigenvalue weighted by Gasteiger charge is -2.25. The summed E-state index contributed by atoms with van der Waals surface area (Å²) in [5, 5.41) is 23.7. The van der Waals surface area contributed by atoms with Gasteiger partial charge in [0.2, 0.25) is 11.8 Å². The number of aromatic nitrogens is 2. The number of aliphatic carboxylic acids is 2. The summed E-state index contributed by atoms with van der Waals surface area (Å²) in [5.41, 5.74) is 1.31. The van der Waals surface area contributed by atoms with Gasteiger partial charge in [-0.25, -0.2) is 0 Å². The molecule has 34 heavy (non-hydrogen) atoms. The predicted octanol–water partition coefficient (Wildman–Crippen LogP) is -0.818. The molecule has 2 rings (SSSR count). The highest BCUT2D eigenvalue weighted by Crippen LogP contribution is 1.97. The first-order chi connectivity index (χ1) is 16.3. The van der Waals surface area contributed by atoms with E-state index in [1.165, 1.54) is 9.80 Å². The van der Waals surface area contributed by atoms with E-state index in [1.807, 2.05) is 0 Å². The minimum atomic E-state index is -1.13. The molecule has 0 aromatic carbocycles. The Hall–Kier alpha value is -3.90. The minimum Gasteiger partial charge on any atom is -0.480 e. The van der Waals surface area contributed by atoms with Crippen molar-refractivity contribution < 1.29 is 29.4 Å². The van der Waals surface area contributed by atoms with Gasteiger partial charge in [-0.3, -0.25) is 38.9 Å². The zero-order chi connectivity index (χ0) is 24.8. The maximum Gasteiger partial charge on any atom is 0.317 e. The number of hydrogen-bond donors (Lipinski definition) is 4. The van der Waals surface area contributed by atoms with Gasteiger partial charge in [-0.2, -0.15) is 0 Å². The van der Waals surface area contributed by atoms with Crippen molar-refractivity contribution in [3.05, 3.63) is 60.2 Å². The molecule has 0 saturated carbocycles. The Kier molecular flexibility index (Phi) is 11.1. The standard InChI is InChI=1S/C22H28N6O6/c29-19(25-11-17-5-1-3-7-23-17)13-27(15-21(31)32)9-10-28(16-22(33)34)14-20(30)26-12-18-6-2-4-8-24-18/h1-8H,9-16H2,(H,25,29)(H,26,30)(H,31,32)(H,33,34). The Morgan fingerprint density at radius 2 is 1.09 bits per heavy atom. The molecule has 0 aliphatic carbocycles. The second-order valence-corrected chi connectivity index (χ2v) is 7.40. The maximum atomic E-state index is 12.3. The fourth-order valence-corrected chi connectivity index (χ4v) is 3.00. The zero-order valence-electron chi connectivity index (χ0n) is 18.6. The Morgan fingerprint density at radius 3 is 1.41 bits per heavy atom. The van der Waals surface area contributed by atoms with E-state index in [9.17, 15) is 29.4 Å². The highest BCUT2D eigenvalue weighted by Gasteiger charge is 2.19. The van der Waals surface area contributed by atoms with Crippen LogP contribution in [0.2, 0.25) is 0 Å². The SMILES string of the molecule is O=C(O)CN(CCN(CC(=O)O)CC(=O)NCc1ccccn1)CC(=O)NCc1ccccn1. The van der Waals surface area contributed by atoms with E-state index in [-0.39, 0.29) is 39.3 Å². The van der Waals surface area contributed by atoms with Crippen molar-refractivity contribution in [1.29, 1.82) is 0 Å². The van der Waals surface area contributed by atoms with Gasteiger partial charge in [0.05, 0.1) is 50.7 Å². The van der Waals surface area contributed by atoms with Crippen LogP contribution in [-0.2, 0) is 32.3 Å². The molecule has 0 bridgehead atoms. The van der Waals surface area contributed by atoms with Gasteiger partial charge in [0.1, 0.15) is 0 Å². The summed E-state index contributed by atoms with van der Waals surface area (Å²) in [6.07, 6.45) is 3.20. The molecule has 0 saturated heterocycles. The van der Waals surface area contributed by atoms with E-state index < -0.39 is 36.8 Å². The Balaban J connectivity index is 1.87. The molecule has 0 aliphatic heterocycles. The molecule has 2 amide bonds. The van der Waals surface area contributed by atoms with Crippen LogP contribution in [0.15, 0.2) is 48.8 Å². The van der Waals surface area contributed by atoms with Crippen molar-refractivity contribution in [1.82, 2.24) is 30.4 Å². The monoisotopic (exact) mass is 472 g/mol. The molecule has 0 aliphatic rings. The second-order valence-electron chi connectivity index (χ2n) is 7.40. The molecule has 2 aromatic rings. The molecule has 0 unspecified atom stereocenters. The average molecular weight is 473 g/mol. The van der Waals surface area contributed by atoms with Gasteiger partial charge >= 0.3 is 11.9 Å². The Bertz CT molecular complexity index is 866. The average Bonchev–Trinajstić information content (AvgIpc) is 2.80. The van der Waals surface area contributed by atoms with Crippen molar-refractivity contribution in [3.63, 3.8) is 0 Å². The van der Waals surface area contributed by atoms with Crippen molar-refractivity contribution in [2.24, 2.45) is 0 Å². The third kappa shape index (κ3) is 11.1. The van der Waals surface area contributed by atoms with E-state index in [0.29, 0.717) is 11.4 Å². The number of nitrogens with zero attached hydrogens (tertiary/aromatic N) is 4. The molecule has 0 radical (unpaired) electrons. The van der Waals surface area contributed by atoms with E-state index in [0.717, 1.165) is 0 Å². The Labute approximate surface area is 196 Å². The molecule has 12 nitrogen and oxygen atoms in total. The van der Waals surface area contributed by atoms with Crippen LogP contribution >= 0.6 is 0 Å². The third-order valence-corrected chi connectivity index (χ3v) is 4.57. The van der Waals surface area contributed by atoms with E-state index >= 15 is 0 Å². The number of carbonyl (C=O) groups excluding carboxylic acids is 2. The number of hydrogen-bond acceptors (Lipinski definition) is 8. The number of amides is 2. The van der Waals surface area contributed by atoms with Crippen LogP contribution in [0.3, 0.4) is 0 Å². The van der Waals surface area contributed by atoms with Gasteiger partial charge in [0.15, 0.2) is 0 Å². The highest BCUT2D eigenvalue weighted by molar-refractivity contribution is 5.79. The summed E-state index contributed by atoms with van der Waals surface area (Å²) in [6.45, 7) is -0.691. The molecule has 2 aromatic heterocycles. The lowest BCUT2D eigenvalue weighted by atomic mass is 10.3. The van der Waals surface area contributed by atoms with Crippen LogP contribution in [0.25, 0.3) is 0 Å². The van der Waals surface area contributed by atoms with Crippen molar-refractivity contribution in [2.45, 2.75) is 13.1 Å². The normalized spacial score (nSPS) is 10.8. The maximum absolute atomic E-state index is 12.3. The third-order valence-electron chi connectivity index (χ3n) is 4.57. The molecule has 0 atom stereocenters. The number of carboxylic acids is 2. The smallest absolute Gasteiger partial charge is 0.317 e. The van der Waals surface area contributed by atoms with Gasteiger partial charge in [0.25, 0.3) is 0 Å². The molecule has 0 fully saturated rings. The van der Waals surface area contributed by atoms with Crippen LogP contribution in [0, 0.1) is 0 Å². The fourth-order valence-electron chi connectivity index (χ4n) is 3.00. The van der Waals surface area contributed by atoms with Crippen molar-refractivity contribution in [3.8, 4) is 0 Å². The number of pyridine rings is 2. The first kappa shape index (κ1) is 26.4.